The van der Waals surface area contributed by atoms with Gasteiger partial charge in [-0.25, -0.2) is 0 Å². The van der Waals surface area contributed by atoms with Crippen LogP contribution < -0.4 is 0 Å². The van der Waals surface area contributed by atoms with Gasteiger partial charge in [-0.15, -0.1) is 0 Å². The highest BCUT2D eigenvalue weighted by molar-refractivity contribution is 9.09. The summed E-state index contributed by atoms with van der Waals surface area (Å²) in [4.78, 5) is 0.128. The Labute approximate surface area is 85.3 Å². The predicted molar refractivity (Wildman–Crippen MR) is 55.7 cm³/mol. The van der Waals surface area contributed by atoms with Crippen LogP contribution in [0.5, 0.6) is 0 Å². The first-order chi connectivity index (χ1) is 6.38. The summed E-state index contributed by atoms with van der Waals surface area (Å²) >= 11 is 3.57. The third kappa shape index (κ3) is 1.80. The van der Waals surface area contributed by atoms with Crippen molar-refractivity contribution in [3.8, 4) is 0 Å². The van der Waals surface area contributed by atoms with E-state index in [1.807, 2.05) is 35.1 Å². The van der Waals surface area contributed by atoms with E-state index in [1.165, 1.54) is 5.56 Å². The average Bonchev–Trinajstić information content (AvgIpc) is 2.71. The minimum absolute atomic E-state index is 0.128. The van der Waals surface area contributed by atoms with Crippen LogP contribution in [0.25, 0.3) is 0 Å². The first-order valence-corrected chi connectivity index (χ1v) is 4.97. The van der Waals surface area contributed by atoms with Crippen LogP contribution in [0, 0.1) is 0 Å². The molecule has 2 nitrogen and oxygen atoms in total. The SMILES string of the molecule is BrC(c1ccccc1)n1cccn1. The number of halogens is 1. The molecule has 1 unspecified atom stereocenters. The van der Waals surface area contributed by atoms with Crippen molar-refractivity contribution in [1.29, 1.82) is 0 Å². The van der Waals surface area contributed by atoms with Crippen LogP contribution in [0.1, 0.15) is 10.5 Å². The lowest BCUT2D eigenvalue weighted by molar-refractivity contribution is 0.680. The van der Waals surface area contributed by atoms with Gasteiger partial charge >= 0.3 is 0 Å². The summed E-state index contributed by atoms with van der Waals surface area (Å²) < 4.78 is 1.87. The summed E-state index contributed by atoms with van der Waals surface area (Å²) in [6.07, 6.45) is 3.71. The average molecular weight is 237 g/mol. The van der Waals surface area contributed by atoms with Gasteiger partial charge in [-0.05, 0) is 11.6 Å². The Hall–Kier alpha value is -1.09. The molecular formula is C10H9BrN2. The maximum absolute atomic E-state index is 4.16. The highest BCUT2D eigenvalue weighted by atomic mass is 79.9. The van der Waals surface area contributed by atoms with Gasteiger partial charge < -0.3 is 0 Å². The molecule has 0 radical (unpaired) electrons. The molecule has 0 bridgehead atoms. The fraction of sp³-hybridized carbons (Fsp3) is 0.100. The van der Waals surface area contributed by atoms with Crippen LogP contribution in [0.4, 0.5) is 0 Å². The number of aromatic nitrogens is 2. The van der Waals surface area contributed by atoms with E-state index in [0.717, 1.165) is 0 Å². The van der Waals surface area contributed by atoms with Gasteiger partial charge in [-0.2, -0.15) is 5.10 Å². The summed E-state index contributed by atoms with van der Waals surface area (Å²) in [6, 6.07) is 12.1. The third-order valence-corrected chi connectivity index (χ3v) is 2.78. The molecule has 0 aliphatic heterocycles. The summed E-state index contributed by atoms with van der Waals surface area (Å²) in [5.41, 5.74) is 1.20. The maximum Gasteiger partial charge on any atom is 0.131 e. The maximum atomic E-state index is 4.16. The first-order valence-electron chi connectivity index (χ1n) is 4.06. The van der Waals surface area contributed by atoms with Crippen LogP contribution in [0.3, 0.4) is 0 Å². The van der Waals surface area contributed by atoms with Crippen LogP contribution >= 0.6 is 15.9 Å². The van der Waals surface area contributed by atoms with Crippen molar-refractivity contribution in [2.45, 2.75) is 4.95 Å². The molecule has 0 aliphatic carbocycles. The molecule has 2 rings (SSSR count). The van der Waals surface area contributed by atoms with E-state index in [1.54, 1.807) is 6.20 Å². The molecule has 1 aromatic heterocycles. The van der Waals surface area contributed by atoms with Crippen molar-refractivity contribution >= 4 is 15.9 Å². The van der Waals surface area contributed by atoms with Crippen molar-refractivity contribution in [2.24, 2.45) is 0 Å². The molecule has 0 saturated carbocycles. The topological polar surface area (TPSA) is 17.8 Å². The van der Waals surface area contributed by atoms with Crippen molar-refractivity contribution in [1.82, 2.24) is 9.78 Å². The van der Waals surface area contributed by atoms with Crippen molar-refractivity contribution < 1.29 is 0 Å². The van der Waals surface area contributed by atoms with Crippen LogP contribution in [0.15, 0.2) is 48.8 Å². The number of alkyl halides is 1. The molecule has 13 heavy (non-hydrogen) atoms. The second-order valence-electron chi connectivity index (χ2n) is 2.73. The highest BCUT2D eigenvalue weighted by Crippen LogP contribution is 2.22. The molecule has 3 heteroatoms. The number of nitrogens with zero attached hydrogens (tertiary/aromatic N) is 2. The van der Waals surface area contributed by atoms with Gasteiger partial charge in [-0.3, -0.25) is 4.68 Å². The van der Waals surface area contributed by atoms with Gasteiger partial charge in [0, 0.05) is 12.4 Å². The lowest BCUT2D eigenvalue weighted by atomic mass is 10.2. The van der Waals surface area contributed by atoms with Gasteiger partial charge in [0.25, 0.3) is 0 Å². The minimum Gasteiger partial charge on any atom is -0.255 e. The highest BCUT2D eigenvalue weighted by Gasteiger charge is 2.07. The Kier molecular flexibility index (Phi) is 2.45. The van der Waals surface area contributed by atoms with Crippen molar-refractivity contribution in [3.05, 3.63) is 54.4 Å². The number of hydrogen-bond acceptors (Lipinski definition) is 1. The summed E-state index contributed by atoms with van der Waals surface area (Å²) in [7, 11) is 0. The van der Waals surface area contributed by atoms with Crippen molar-refractivity contribution in [3.63, 3.8) is 0 Å². The van der Waals surface area contributed by atoms with Gasteiger partial charge in [0.1, 0.15) is 4.95 Å². The zero-order valence-corrected chi connectivity index (χ0v) is 8.55. The Morgan fingerprint density at radius 2 is 1.92 bits per heavy atom. The molecule has 0 fully saturated rings. The molecule has 66 valence electrons. The Morgan fingerprint density at radius 3 is 2.54 bits per heavy atom. The molecule has 0 saturated heterocycles. The molecule has 0 N–H and O–H groups in total. The summed E-state index contributed by atoms with van der Waals surface area (Å²) in [6.45, 7) is 0. The van der Waals surface area contributed by atoms with Gasteiger partial charge in [0.15, 0.2) is 0 Å². The largest absolute Gasteiger partial charge is 0.255 e. The van der Waals surface area contributed by atoms with E-state index < -0.39 is 0 Å². The fourth-order valence-corrected chi connectivity index (χ4v) is 1.73. The standard InChI is InChI=1S/C10H9BrN2/c11-10(13-8-4-7-12-13)9-5-2-1-3-6-9/h1-8,10H. The molecule has 1 aromatic carbocycles. The van der Waals surface area contributed by atoms with Crippen molar-refractivity contribution in [2.75, 3.05) is 0 Å². The quantitative estimate of drug-likeness (QED) is 0.734. The lowest BCUT2D eigenvalue weighted by Gasteiger charge is -2.09. The molecule has 0 aliphatic rings. The van der Waals surface area contributed by atoms with Crippen LogP contribution in [-0.4, -0.2) is 9.78 Å². The molecule has 0 spiro atoms. The Balaban J connectivity index is 2.29. The van der Waals surface area contributed by atoms with E-state index in [0.29, 0.717) is 0 Å². The second-order valence-corrected chi connectivity index (χ2v) is 3.60. The van der Waals surface area contributed by atoms with Gasteiger partial charge in [0.05, 0.1) is 0 Å². The van der Waals surface area contributed by atoms with E-state index in [9.17, 15) is 0 Å². The zero-order valence-electron chi connectivity index (χ0n) is 6.97. The van der Waals surface area contributed by atoms with E-state index in [-0.39, 0.29) is 4.95 Å². The normalized spacial score (nSPS) is 12.7. The van der Waals surface area contributed by atoms with Gasteiger partial charge in [-0.1, -0.05) is 46.3 Å². The van der Waals surface area contributed by atoms with Crippen LogP contribution in [-0.2, 0) is 0 Å². The van der Waals surface area contributed by atoms with E-state index in [2.05, 4.69) is 33.2 Å². The Bertz CT molecular complexity index is 356. The second kappa shape index (κ2) is 3.75. The smallest absolute Gasteiger partial charge is 0.131 e. The molecule has 0 amide bonds. The van der Waals surface area contributed by atoms with E-state index in [4.69, 9.17) is 0 Å². The zero-order chi connectivity index (χ0) is 9.10. The van der Waals surface area contributed by atoms with Gasteiger partial charge in [0.2, 0.25) is 0 Å². The first kappa shape index (κ1) is 8.51. The molecular weight excluding hydrogens is 228 g/mol. The molecule has 1 heterocycles. The molecule has 1 atom stereocenters. The Morgan fingerprint density at radius 1 is 1.15 bits per heavy atom. The lowest BCUT2D eigenvalue weighted by Crippen LogP contribution is -2.03. The van der Waals surface area contributed by atoms with Crippen LogP contribution in [0.2, 0.25) is 0 Å². The third-order valence-electron chi connectivity index (χ3n) is 1.83. The minimum atomic E-state index is 0.128. The number of benzene rings is 1. The van der Waals surface area contributed by atoms with E-state index >= 15 is 0 Å². The molecule has 2 aromatic rings. The predicted octanol–water partition coefficient (Wildman–Crippen LogP) is 2.82. The summed E-state index contributed by atoms with van der Waals surface area (Å²) in [5, 5.41) is 4.16. The monoisotopic (exact) mass is 236 g/mol. The fourth-order valence-electron chi connectivity index (χ4n) is 1.18. The number of rotatable bonds is 2. The summed E-state index contributed by atoms with van der Waals surface area (Å²) in [5.74, 6) is 0. The number of hydrogen-bond donors (Lipinski definition) is 0.